The van der Waals surface area contributed by atoms with E-state index in [-0.39, 0.29) is 19.0 Å². The first kappa shape index (κ1) is 14.1. The average Bonchev–Trinajstić information content (AvgIpc) is 2.13. The third kappa shape index (κ3) is 2.56. The van der Waals surface area contributed by atoms with Gasteiger partial charge < -0.3 is 20.4 Å². The van der Waals surface area contributed by atoms with Crippen LogP contribution in [0.5, 0.6) is 0 Å². The molecule has 4 atom stereocenters. The molecule has 5 nitrogen and oxygen atoms in total. The van der Waals surface area contributed by atoms with Gasteiger partial charge in [-0.05, 0) is 6.54 Å². The van der Waals surface area contributed by atoms with Crippen LogP contribution in [0, 0.1) is 0 Å². The topological polar surface area (TPSA) is 84.2 Å². The monoisotopic (exact) mass is 227 g/mol. The van der Waals surface area contributed by atoms with E-state index in [1.807, 2.05) is 6.92 Å². The molecule has 86 valence electrons. The van der Waals surface area contributed by atoms with Crippen LogP contribution >= 0.6 is 12.4 Å². The fraction of sp³-hybridized carbons (Fsp3) is 1.00. The number of aliphatic hydroxyl groups excluding tert-OH is 4. The second kappa shape index (κ2) is 5.85. The molecule has 1 aliphatic rings. The van der Waals surface area contributed by atoms with Crippen LogP contribution in [0.2, 0.25) is 0 Å². The van der Waals surface area contributed by atoms with E-state index in [4.69, 9.17) is 5.11 Å². The molecule has 6 heteroatoms. The third-order valence-electron chi connectivity index (χ3n) is 2.62. The summed E-state index contributed by atoms with van der Waals surface area (Å²) in [7, 11) is 0. The van der Waals surface area contributed by atoms with Crippen LogP contribution in [0.1, 0.15) is 6.92 Å². The number of likely N-dealkylation sites (tertiary alicyclic amines) is 1. The largest absolute Gasteiger partial charge is 0.395 e. The van der Waals surface area contributed by atoms with Crippen molar-refractivity contribution in [3.63, 3.8) is 0 Å². The van der Waals surface area contributed by atoms with Crippen molar-refractivity contribution in [2.75, 3.05) is 19.7 Å². The van der Waals surface area contributed by atoms with Crippen LogP contribution in [0.3, 0.4) is 0 Å². The summed E-state index contributed by atoms with van der Waals surface area (Å²) in [5.74, 6) is 0. The van der Waals surface area contributed by atoms with E-state index in [0.717, 1.165) is 0 Å². The van der Waals surface area contributed by atoms with Crippen molar-refractivity contribution in [3.05, 3.63) is 0 Å². The van der Waals surface area contributed by atoms with Crippen LogP contribution < -0.4 is 0 Å². The lowest BCUT2D eigenvalue weighted by Gasteiger charge is -2.42. The second-order valence-electron chi connectivity index (χ2n) is 3.39. The molecule has 0 radical (unpaired) electrons. The van der Waals surface area contributed by atoms with Crippen LogP contribution in [-0.2, 0) is 0 Å². The maximum Gasteiger partial charge on any atom is 0.109 e. The Morgan fingerprint density at radius 3 is 2.21 bits per heavy atom. The number of piperidine rings is 1. The number of β-amino-alcohol motifs (C(OH)–C–C–N with tert-alkyl or cyclic N) is 1. The standard InChI is InChI=1S/C8H17NO4.ClH/c1-2-9-3-6(11)8(13)7(12)5(9)4-10;/h5-8,10-13H,2-4H2,1H3;1H. The Hall–Kier alpha value is 0.0900. The fourth-order valence-corrected chi connectivity index (χ4v) is 1.74. The number of likely N-dealkylation sites (N-methyl/N-ethyl adjacent to an activating group) is 1. The molecule has 1 rings (SSSR count). The van der Waals surface area contributed by atoms with Crippen LogP contribution in [-0.4, -0.2) is 69.4 Å². The van der Waals surface area contributed by atoms with Gasteiger partial charge in [-0.2, -0.15) is 0 Å². The number of aliphatic hydroxyl groups is 4. The first-order valence-corrected chi connectivity index (χ1v) is 4.51. The van der Waals surface area contributed by atoms with Gasteiger partial charge in [0.1, 0.15) is 12.2 Å². The van der Waals surface area contributed by atoms with Crippen LogP contribution in [0.4, 0.5) is 0 Å². The number of halogens is 1. The van der Waals surface area contributed by atoms with Crippen molar-refractivity contribution >= 4 is 12.4 Å². The summed E-state index contributed by atoms with van der Waals surface area (Å²) in [5, 5.41) is 37.1. The highest BCUT2D eigenvalue weighted by Gasteiger charge is 2.40. The highest BCUT2D eigenvalue weighted by atomic mass is 35.5. The maximum atomic E-state index is 9.50. The van der Waals surface area contributed by atoms with Crippen molar-refractivity contribution in [2.45, 2.75) is 31.3 Å². The summed E-state index contributed by atoms with van der Waals surface area (Å²) in [6.07, 6.45) is -3.16. The first-order valence-electron chi connectivity index (χ1n) is 4.51. The summed E-state index contributed by atoms with van der Waals surface area (Å²) in [6.45, 7) is 2.59. The van der Waals surface area contributed by atoms with Gasteiger partial charge in [-0.3, -0.25) is 4.90 Å². The minimum absolute atomic E-state index is 0. The molecule has 0 bridgehead atoms. The van der Waals surface area contributed by atoms with Crippen molar-refractivity contribution in [1.82, 2.24) is 4.90 Å². The quantitative estimate of drug-likeness (QED) is 0.447. The molecule has 1 saturated heterocycles. The minimum Gasteiger partial charge on any atom is -0.395 e. The Balaban J connectivity index is 0.00000169. The molecule has 4 unspecified atom stereocenters. The Labute approximate surface area is 89.4 Å². The Morgan fingerprint density at radius 2 is 1.79 bits per heavy atom. The van der Waals surface area contributed by atoms with Gasteiger partial charge in [0.25, 0.3) is 0 Å². The van der Waals surface area contributed by atoms with Gasteiger partial charge in [0, 0.05) is 6.54 Å². The van der Waals surface area contributed by atoms with E-state index < -0.39 is 24.4 Å². The molecule has 0 spiro atoms. The SMILES string of the molecule is CCN1CC(O)C(O)C(O)C1CO.Cl. The smallest absolute Gasteiger partial charge is 0.109 e. The molecule has 1 aliphatic heterocycles. The minimum atomic E-state index is -1.15. The summed E-state index contributed by atoms with van der Waals surface area (Å²) >= 11 is 0. The summed E-state index contributed by atoms with van der Waals surface area (Å²) in [4.78, 5) is 1.75. The van der Waals surface area contributed by atoms with Crippen LogP contribution in [0.15, 0.2) is 0 Å². The van der Waals surface area contributed by atoms with Gasteiger partial charge in [-0.15, -0.1) is 12.4 Å². The van der Waals surface area contributed by atoms with Gasteiger partial charge >= 0.3 is 0 Å². The summed E-state index contributed by atoms with van der Waals surface area (Å²) in [6, 6.07) is -0.469. The second-order valence-corrected chi connectivity index (χ2v) is 3.39. The number of hydrogen-bond acceptors (Lipinski definition) is 5. The highest BCUT2D eigenvalue weighted by Crippen LogP contribution is 2.18. The summed E-state index contributed by atoms with van der Waals surface area (Å²) < 4.78 is 0. The molecule has 0 saturated carbocycles. The molecular formula is C8H18ClNO4. The Kier molecular flexibility index (Phi) is 5.88. The average molecular weight is 228 g/mol. The lowest BCUT2D eigenvalue weighted by atomic mass is 9.94. The van der Waals surface area contributed by atoms with Crippen LogP contribution in [0.25, 0.3) is 0 Å². The van der Waals surface area contributed by atoms with Crippen molar-refractivity contribution in [2.24, 2.45) is 0 Å². The maximum absolute atomic E-state index is 9.50. The highest BCUT2D eigenvalue weighted by molar-refractivity contribution is 5.85. The van der Waals surface area contributed by atoms with E-state index in [1.54, 1.807) is 4.90 Å². The fourth-order valence-electron chi connectivity index (χ4n) is 1.74. The van der Waals surface area contributed by atoms with Crippen molar-refractivity contribution < 1.29 is 20.4 Å². The molecule has 0 aromatic carbocycles. The summed E-state index contributed by atoms with van der Waals surface area (Å²) in [5.41, 5.74) is 0. The molecule has 1 heterocycles. The lowest BCUT2D eigenvalue weighted by Crippen LogP contribution is -2.62. The predicted molar refractivity (Wildman–Crippen MR) is 53.4 cm³/mol. The van der Waals surface area contributed by atoms with Gasteiger partial charge in [0.15, 0.2) is 0 Å². The molecule has 4 N–H and O–H groups in total. The Bertz CT molecular complexity index is 169. The van der Waals surface area contributed by atoms with Crippen molar-refractivity contribution in [3.8, 4) is 0 Å². The zero-order valence-electron chi connectivity index (χ0n) is 8.08. The molecular weight excluding hydrogens is 210 g/mol. The number of hydrogen-bond donors (Lipinski definition) is 4. The number of rotatable bonds is 2. The van der Waals surface area contributed by atoms with Gasteiger partial charge in [0.2, 0.25) is 0 Å². The molecule has 0 aromatic rings. The normalized spacial score (nSPS) is 39.2. The number of nitrogens with zero attached hydrogens (tertiary/aromatic N) is 1. The Morgan fingerprint density at radius 1 is 1.21 bits per heavy atom. The zero-order valence-corrected chi connectivity index (χ0v) is 8.89. The van der Waals surface area contributed by atoms with E-state index >= 15 is 0 Å². The van der Waals surface area contributed by atoms with E-state index in [2.05, 4.69) is 0 Å². The molecule has 0 aliphatic carbocycles. The van der Waals surface area contributed by atoms with Crippen molar-refractivity contribution in [1.29, 1.82) is 0 Å². The molecule has 14 heavy (non-hydrogen) atoms. The van der Waals surface area contributed by atoms with Gasteiger partial charge in [-0.1, -0.05) is 6.92 Å². The lowest BCUT2D eigenvalue weighted by molar-refractivity contribution is -0.143. The van der Waals surface area contributed by atoms with E-state index in [1.165, 1.54) is 0 Å². The van der Waals surface area contributed by atoms with E-state index in [0.29, 0.717) is 13.1 Å². The molecule has 0 aromatic heterocycles. The third-order valence-corrected chi connectivity index (χ3v) is 2.62. The van der Waals surface area contributed by atoms with Gasteiger partial charge in [-0.25, -0.2) is 0 Å². The molecule has 1 fully saturated rings. The molecule has 0 amide bonds. The van der Waals surface area contributed by atoms with E-state index in [9.17, 15) is 15.3 Å². The predicted octanol–water partition coefficient (Wildman–Crippen LogP) is -1.81. The zero-order chi connectivity index (χ0) is 10.0. The first-order chi connectivity index (χ1) is 6.11. The van der Waals surface area contributed by atoms with Gasteiger partial charge in [0.05, 0.1) is 18.8 Å².